The molecular weight excluding hydrogens is 355 g/mol. The SMILES string of the molecule is CC1(C)CCSC(Nc2ccc(Br)c(Cl)c2Cl)=N1. The lowest BCUT2D eigenvalue weighted by Gasteiger charge is -2.26. The summed E-state index contributed by atoms with van der Waals surface area (Å²) >= 11 is 17.3. The van der Waals surface area contributed by atoms with Gasteiger partial charge in [0.1, 0.15) is 0 Å². The average Bonchev–Trinajstić information content (AvgIpc) is 2.29. The Balaban J connectivity index is 2.25. The van der Waals surface area contributed by atoms with Crippen molar-refractivity contribution in [2.45, 2.75) is 25.8 Å². The monoisotopic (exact) mass is 366 g/mol. The van der Waals surface area contributed by atoms with E-state index in [0.29, 0.717) is 10.0 Å². The van der Waals surface area contributed by atoms with E-state index in [1.165, 1.54) is 0 Å². The van der Waals surface area contributed by atoms with Crippen LogP contribution in [0.3, 0.4) is 0 Å². The van der Waals surface area contributed by atoms with Gasteiger partial charge in [-0.3, -0.25) is 4.99 Å². The van der Waals surface area contributed by atoms with E-state index in [9.17, 15) is 0 Å². The normalized spacial score (nSPS) is 18.4. The van der Waals surface area contributed by atoms with Crippen LogP contribution in [0.4, 0.5) is 5.69 Å². The molecule has 1 aromatic carbocycles. The topological polar surface area (TPSA) is 24.4 Å². The van der Waals surface area contributed by atoms with E-state index in [2.05, 4.69) is 40.1 Å². The molecule has 6 heteroatoms. The van der Waals surface area contributed by atoms with Crippen LogP contribution in [0, 0.1) is 0 Å². The van der Waals surface area contributed by atoms with E-state index in [1.807, 2.05) is 12.1 Å². The molecule has 0 bridgehead atoms. The van der Waals surface area contributed by atoms with Crippen LogP contribution >= 0.6 is 50.9 Å². The molecule has 98 valence electrons. The summed E-state index contributed by atoms with van der Waals surface area (Å²) in [6.45, 7) is 4.26. The summed E-state index contributed by atoms with van der Waals surface area (Å²) in [6.07, 6.45) is 1.08. The minimum Gasteiger partial charge on any atom is -0.334 e. The lowest BCUT2D eigenvalue weighted by Crippen LogP contribution is -2.27. The Bertz CT molecular complexity index is 503. The van der Waals surface area contributed by atoms with E-state index in [-0.39, 0.29) is 5.54 Å². The zero-order chi connectivity index (χ0) is 13.3. The summed E-state index contributed by atoms with van der Waals surface area (Å²) in [6, 6.07) is 3.76. The van der Waals surface area contributed by atoms with E-state index in [4.69, 9.17) is 23.2 Å². The number of hydrogen-bond donors (Lipinski definition) is 1. The first-order chi connectivity index (χ1) is 8.39. The van der Waals surface area contributed by atoms with Crippen LogP contribution in [0.15, 0.2) is 21.6 Å². The number of thioether (sulfide) groups is 1. The molecule has 18 heavy (non-hydrogen) atoms. The zero-order valence-electron chi connectivity index (χ0n) is 10.1. The summed E-state index contributed by atoms with van der Waals surface area (Å²) in [7, 11) is 0. The average molecular weight is 368 g/mol. The van der Waals surface area contributed by atoms with Gasteiger partial charge in [0.25, 0.3) is 0 Å². The maximum absolute atomic E-state index is 6.20. The standard InChI is InChI=1S/C12H13BrCl2N2S/c1-12(2)5-6-18-11(17-12)16-8-4-3-7(13)9(14)10(8)15/h3-4H,5-6H2,1-2H3,(H,16,17). The van der Waals surface area contributed by atoms with Crippen LogP contribution in [0.5, 0.6) is 0 Å². The first-order valence-corrected chi connectivity index (χ1v) is 8.06. The number of rotatable bonds is 1. The second kappa shape index (κ2) is 5.61. The molecule has 0 atom stereocenters. The molecule has 1 N–H and O–H groups in total. The Morgan fingerprint density at radius 2 is 2.06 bits per heavy atom. The minimum absolute atomic E-state index is 0.0147. The molecule has 0 fully saturated rings. The number of aliphatic imine (C=N–C) groups is 1. The number of anilines is 1. The fourth-order valence-corrected chi connectivity index (χ4v) is 3.67. The van der Waals surface area contributed by atoms with Gasteiger partial charge in [-0.25, -0.2) is 0 Å². The lowest BCUT2D eigenvalue weighted by atomic mass is 10.0. The van der Waals surface area contributed by atoms with Crippen LogP contribution in [0.2, 0.25) is 10.0 Å². The molecule has 0 aromatic heterocycles. The molecule has 0 amide bonds. The smallest absolute Gasteiger partial charge is 0.161 e. The van der Waals surface area contributed by atoms with Crippen LogP contribution in [0.25, 0.3) is 0 Å². The van der Waals surface area contributed by atoms with Gasteiger partial charge in [0.2, 0.25) is 0 Å². The first-order valence-electron chi connectivity index (χ1n) is 5.52. The van der Waals surface area contributed by atoms with Crippen LogP contribution in [0.1, 0.15) is 20.3 Å². The summed E-state index contributed by atoms with van der Waals surface area (Å²) in [4.78, 5) is 4.66. The number of amidine groups is 1. The summed E-state index contributed by atoms with van der Waals surface area (Å²) < 4.78 is 0.790. The van der Waals surface area contributed by atoms with Gasteiger partial charge in [0.15, 0.2) is 5.17 Å². The van der Waals surface area contributed by atoms with Gasteiger partial charge in [-0.1, -0.05) is 35.0 Å². The molecule has 0 radical (unpaired) electrons. The van der Waals surface area contributed by atoms with Gasteiger partial charge in [-0.05, 0) is 48.3 Å². The molecule has 1 heterocycles. The predicted molar refractivity (Wildman–Crippen MR) is 86.4 cm³/mol. The third-order valence-corrected chi connectivity index (χ3v) is 5.28. The molecule has 0 saturated carbocycles. The molecule has 0 unspecified atom stereocenters. The summed E-state index contributed by atoms with van der Waals surface area (Å²) in [5.74, 6) is 1.06. The quantitative estimate of drug-likeness (QED) is 0.668. The Morgan fingerprint density at radius 3 is 2.72 bits per heavy atom. The fourth-order valence-electron chi connectivity index (χ4n) is 1.56. The van der Waals surface area contributed by atoms with Crippen molar-refractivity contribution < 1.29 is 0 Å². The molecule has 0 saturated heterocycles. The number of nitrogens with zero attached hydrogens (tertiary/aromatic N) is 1. The van der Waals surface area contributed by atoms with Crippen molar-refractivity contribution in [1.29, 1.82) is 0 Å². The molecule has 2 nitrogen and oxygen atoms in total. The van der Waals surface area contributed by atoms with Crippen molar-refractivity contribution in [2.24, 2.45) is 4.99 Å². The minimum atomic E-state index is -0.0147. The van der Waals surface area contributed by atoms with Gasteiger partial charge < -0.3 is 5.32 Å². The molecule has 1 aliphatic heterocycles. The van der Waals surface area contributed by atoms with E-state index in [0.717, 1.165) is 27.5 Å². The predicted octanol–water partition coefficient (Wildman–Crippen LogP) is 5.44. The third-order valence-electron chi connectivity index (χ3n) is 2.63. The van der Waals surface area contributed by atoms with Crippen LogP contribution in [-0.2, 0) is 0 Å². The number of benzene rings is 1. The lowest BCUT2D eigenvalue weighted by molar-refractivity contribution is 0.507. The van der Waals surface area contributed by atoms with Gasteiger partial charge in [-0.2, -0.15) is 0 Å². The highest BCUT2D eigenvalue weighted by molar-refractivity contribution is 9.10. The molecule has 0 spiro atoms. The van der Waals surface area contributed by atoms with Crippen LogP contribution < -0.4 is 5.32 Å². The van der Waals surface area contributed by atoms with Crippen molar-refractivity contribution in [3.8, 4) is 0 Å². The van der Waals surface area contributed by atoms with Crippen molar-refractivity contribution in [3.63, 3.8) is 0 Å². The second-order valence-electron chi connectivity index (χ2n) is 4.68. The summed E-state index contributed by atoms with van der Waals surface area (Å²) in [5, 5.41) is 5.17. The Morgan fingerprint density at radius 1 is 1.33 bits per heavy atom. The first kappa shape index (κ1) is 14.5. The van der Waals surface area contributed by atoms with Gasteiger partial charge in [-0.15, -0.1) is 0 Å². The molecule has 1 aromatic rings. The Kier molecular flexibility index (Phi) is 4.52. The number of halogens is 3. The van der Waals surface area contributed by atoms with Gasteiger partial charge in [0.05, 0.1) is 21.3 Å². The Labute approximate surface area is 130 Å². The third kappa shape index (κ3) is 3.35. The van der Waals surface area contributed by atoms with Crippen molar-refractivity contribution >= 4 is 61.7 Å². The number of hydrogen-bond acceptors (Lipinski definition) is 3. The summed E-state index contributed by atoms with van der Waals surface area (Å²) in [5.41, 5.74) is 0.771. The van der Waals surface area contributed by atoms with Crippen molar-refractivity contribution in [1.82, 2.24) is 0 Å². The highest BCUT2D eigenvalue weighted by Gasteiger charge is 2.23. The maximum Gasteiger partial charge on any atom is 0.161 e. The van der Waals surface area contributed by atoms with Crippen molar-refractivity contribution in [2.75, 3.05) is 11.1 Å². The van der Waals surface area contributed by atoms with Crippen molar-refractivity contribution in [3.05, 3.63) is 26.7 Å². The van der Waals surface area contributed by atoms with Gasteiger partial charge >= 0.3 is 0 Å². The maximum atomic E-state index is 6.20. The highest BCUT2D eigenvalue weighted by atomic mass is 79.9. The van der Waals surface area contributed by atoms with Gasteiger partial charge in [0, 0.05) is 10.2 Å². The zero-order valence-corrected chi connectivity index (χ0v) is 14.0. The molecule has 1 aliphatic rings. The second-order valence-corrected chi connectivity index (χ2v) is 7.37. The highest BCUT2D eigenvalue weighted by Crippen LogP contribution is 2.37. The number of nitrogens with one attached hydrogen (secondary N) is 1. The molecule has 0 aliphatic carbocycles. The largest absolute Gasteiger partial charge is 0.334 e. The molecular formula is C12H13BrCl2N2S. The fraction of sp³-hybridized carbons (Fsp3) is 0.417. The molecule has 2 rings (SSSR count). The Hall–Kier alpha value is 0.1000. The van der Waals surface area contributed by atoms with E-state index in [1.54, 1.807) is 11.8 Å². The van der Waals surface area contributed by atoms with E-state index >= 15 is 0 Å². The van der Waals surface area contributed by atoms with E-state index < -0.39 is 0 Å². The van der Waals surface area contributed by atoms with Crippen LogP contribution in [-0.4, -0.2) is 16.5 Å².